The maximum atomic E-state index is 11.7. The van der Waals surface area contributed by atoms with Gasteiger partial charge in [-0.05, 0) is 18.2 Å². The average molecular weight is 277 g/mol. The van der Waals surface area contributed by atoms with Crippen LogP contribution in [0.15, 0.2) is 18.2 Å². The highest BCUT2D eigenvalue weighted by Gasteiger charge is 2.21. The van der Waals surface area contributed by atoms with E-state index in [-0.39, 0.29) is 17.2 Å². The Kier molecular flexibility index (Phi) is 4.93. The Morgan fingerprint density at radius 1 is 1.35 bits per heavy atom. The van der Waals surface area contributed by atoms with Gasteiger partial charge in [0.1, 0.15) is 0 Å². The Labute approximate surface area is 108 Å². The molecule has 4 nitrogen and oxygen atoms in total. The fraction of sp³-hybridized carbons (Fsp3) is 0.273. The fourth-order valence-electron chi connectivity index (χ4n) is 1.23. The van der Waals surface area contributed by atoms with Crippen LogP contribution in [0.1, 0.15) is 16.8 Å². The summed E-state index contributed by atoms with van der Waals surface area (Å²) >= 11 is 11.5. The first-order chi connectivity index (χ1) is 7.95. The average Bonchev–Trinajstić information content (AvgIpc) is 2.28. The Morgan fingerprint density at radius 3 is 2.47 bits per heavy atom. The van der Waals surface area contributed by atoms with Crippen LogP contribution in [-0.4, -0.2) is 30.1 Å². The van der Waals surface area contributed by atoms with Crippen molar-refractivity contribution in [3.05, 3.63) is 33.8 Å². The molecule has 0 fully saturated rings. The minimum atomic E-state index is -1.18. The fourth-order valence-corrected chi connectivity index (χ4v) is 1.53. The summed E-state index contributed by atoms with van der Waals surface area (Å²) < 4.78 is 4.68. The second-order valence-corrected chi connectivity index (χ2v) is 4.13. The number of carbonyl (C=O) groups excluding carboxylic acids is 1. The van der Waals surface area contributed by atoms with Gasteiger partial charge in [0.2, 0.25) is 0 Å². The Morgan fingerprint density at radius 2 is 2.00 bits per heavy atom. The van der Waals surface area contributed by atoms with Crippen LogP contribution < -0.4 is 0 Å². The zero-order chi connectivity index (χ0) is 13.0. The number of rotatable bonds is 5. The van der Waals surface area contributed by atoms with Gasteiger partial charge in [0.25, 0.3) is 0 Å². The zero-order valence-corrected chi connectivity index (χ0v) is 10.5. The summed E-state index contributed by atoms with van der Waals surface area (Å²) in [5.74, 6) is -1.54. The van der Waals surface area contributed by atoms with Crippen LogP contribution in [0.2, 0.25) is 10.0 Å². The van der Waals surface area contributed by atoms with Crippen molar-refractivity contribution in [2.24, 2.45) is 0 Å². The number of carbonyl (C=O) groups is 2. The number of methoxy groups -OCH3 is 1. The number of hydrogen-bond acceptors (Lipinski definition) is 3. The molecule has 0 aromatic heterocycles. The van der Waals surface area contributed by atoms with E-state index in [0.29, 0.717) is 10.6 Å². The van der Waals surface area contributed by atoms with Crippen LogP contribution in [0.5, 0.6) is 0 Å². The van der Waals surface area contributed by atoms with Crippen molar-refractivity contribution in [3.8, 4) is 0 Å². The summed E-state index contributed by atoms with van der Waals surface area (Å²) in [5.41, 5.74) is 0.308. The van der Waals surface area contributed by atoms with Crippen molar-refractivity contribution in [1.29, 1.82) is 0 Å². The molecular formula is C11H10Cl2O4. The molecule has 1 aromatic rings. The van der Waals surface area contributed by atoms with Crippen LogP contribution in [0, 0.1) is 0 Å². The molecule has 0 saturated heterocycles. The van der Waals surface area contributed by atoms with Crippen molar-refractivity contribution >= 4 is 35.0 Å². The molecule has 0 aliphatic heterocycles. The van der Waals surface area contributed by atoms with E-state index in [1.165, 1.54) is 25.3 Å². The molecule has 0 radical (unpaired) electrons. The van der Waals surface area contributed by atoms with Gasteiger partial charge in [-0.3, -0.25) is 4.79 Å². The molecule has 17 heavy (non-hydrogen) atoms. The number of ether oxygens (including phenoxy) is 1. The van der Waals surface area contributed by atoms with Crippen LogP contribution in [0.25, 0.3) is 0 Å². The Hall–Kier alpha value is -1.10. The summed E-state index contributed by atoms with van der Waals surface area (Å²) in [6.07, 6.45) is -1.40. The molecular weight excluding hydrogens is 267 g/mol. The third-order valence-corrected chi connectivity index (χ3v) is 2.91. The molecule has 92 valence electrons. The van der Waals surface area contributed by atoms with Gasteiger partial charge in [0.15, 0.2) is 11.9 Å². The van der Waals surface area contributed by atoms with Crippen molar-refractivity contribution in [2.45, 2.75) is 12.5 Å². The first-order valence-corrected chi connectivity index (χ1v) is 5.45. The lowest BCUT2D eigenvalue weighted by Gasteiger charge is -2.09. The first-order valence-electron chi connectivity index (χ1n) is 4.69. The van der Waals surface area contributed by atoms with Gasteiger partial charge >= 0.3 is 5.97 Å². The highest BCUT2D eigenvalue weighted by Crippen LogP contribution is 2.23. The van der Waals surface area contributed by atoms with Gasteiger partial charge in [-0.15, -0.1) is 0 Å². The summed E-state index contributed by atoms with van der Waals surface area (Å²) in [5, 5.41) is 9.33. The molecule has 1 atom stereocenters. The molecule has 0 aliphatic carbocycles. The number of carboxylic acid groups (broad SMARTS) is 1. The van der Waals surface area contributed by atoms with Crippen LogP contribution >= 0.6 is 23.2 Å². The summed E-state index contributed by atoms with van der Waals surface area (Å²) in [6, 6.07) is 4.38. The lowest BCUT2D eigenvalue weighted by atomic mass is 10.1. The van der Waals surface area contributed by atoms with E-state index >= 15 is 0 Å². The topological polar surface area (TPSA) is 63.6 Å². The third kappa shape index (κ3) is 3.70. The second kappa shape index (κ2) is 6.00. The lowest BCUT2D eigenvalue weighted by Crippen LogP contribution is -2.25. The van der Waals surface area contributed by atoms with Gasteiger partial charge in [-0.25, -0.2) is 4.79 Å². The Bertz CT molecular complexity index is 445. The van der Waals surface area contributed by atoms with E-state index in [2.05, 4.69) is 4.74 Å². The molecule has 0 spiro atoms. The van der Waals surface area contributed by atoms with Crippen molar-refractivity contribution in [1.82, 2.24) is 0 Å². The third-order valence-electron chi connectivity index (χ3n) is 2.17. The predicted octanol–water partition coefficient (Wildman–Crippen LogP) is 2.67. The van der Waals surface area contributed by atoms with Crippen LogP contribution in [0.4, 0.5) is 0 Å². The van der Waals surface area contributed by atoms with E-state index in [0.717, 1.165) is 0 Å². The van der Waals surface area contributed by atoms with Gasteiger partial charge in [-0.1, -0.05) is 23.2 Å². The number of halogens is 2. The van der Waals surface area contributed by atoms with Crippen molar-refractivity contribution in [2.75, 3.05) is 7.11 Å². The molecule has 0 unspecified atom stereocenters. The van der Waals surface area contributed by atoms with Gasteiger partial charge in [0.05, 0.1) is 10.0 Å². The molecule has 1 N–H and O–H groups in total. The van der Waals surface area contributed by atoms with Crippen molar-refractivity contribution in [3.63, 3.8) is 0 Å². The van der Waals surface area contributed by atoms with E-state index < -0.39 is 12.1 Å². The molecule has 0 amide bonds. The molecule has 6 heteroatoms. The quantitative estimate of drug-likeness (QED) is 0.840. The highest BCUT2D eigenvalue weighted by atomic mass is 35.5. The second-order valence-electron chi connectivity index (χ2n) is 3.32. The highest BCUT2D eigenvalue weighted by molar-refractivity contribution is 6.42. The normalized spacial score (nSPS) is 12.2. The number of aliphatic carboxylic acids is 1. The molecule has 1 aromatic carbocycles. The number of benzene rings is 1. The molecule has 0 heterocycles. The van der Waals surface area contributed by atoms with Crippen LogP contribution in [0.3, 0.4) is 0 Å². The van der Waals surface area contributed by atoms with E-state index in [9.17, 15) is 9.59 Å². The maximum Gasteiger partial charge on any atom is 0.333 e. The zero-order valence-electron chi connectivity index (χ0n) is 8.94. The molecule has 0 saturated carbocycles. The first kappa shape index (κ1) is 14.0. The largest absolute Gasteiger partial charge is 0.479 e. The number of hydrogen-bond donors (Lipinski definition) is 1. The maximum absolute atomic E-state index is 11.7. The minimum Gasteiger partial charge on any atom is -0.479 e. The monoisotopic (exact) mass is 276 g/mol. The van der Waals surface area contributed by atoms with E-state index in [1.54, 1.807) is 0 Å². The lowest BCUT2D eigenvalue weighted by molar-refractivity contribution is -0.148. The molecule has 0 bridgehead atoms. The standard InChI is InChI=1S/C11H10Cl2O4/c1-17-10(11(15)16)5-9(14)6-2-3-7(12)8(13)4-6/h2-4,10H,5H2,1H3,(H,15,16)/t10-/m0/s1. The Balaban J connectivity index is 2.82. The molecule has 0 aliphatic rings. The number of Topliss-reactive ketones (excluding diaryl/α,β-unsaturated/α-hetero) is 1. The van der Waals surface area contributed by atoms with Crippen LogP contribution in [-0.2, 0) is 9.53 Å². The van der Waals surface area contributed by atoms with Crippen molar-refractivity contribution < 1.29 is 19.4 Å². The molecule has 1 rings (SSSR count). The minimum absolute atomic E-state index is 0.246. The number of carboxylic acids is 1. The van der Waals surface area contributed by atoms with Gasteiger partial charge in [0, 0.05) is 19.1 Å². The summed E-state index contributed by atoms with van der Waals surface area (Å²) in [6.45, 7) is 0. The predicted molar refractivity (Wildman–Crippen MR) is 63.8 cm³/mol. The SMILES string of the molecule is CO[C@@H](CC(=O)c1ccc(Cl)c(Cl)c1)C(=O)O. The summed E-state index contributed by atoms with van der Waals surface area (Å²) in [4.78, 5) is 22.4. The number of ketones is 1. The van der Waals surface area contributed by atoms with E-state index in [4.69, 9.17) is 28.3 Å². The van der Waals surface area contributed by atoms with Gasteiger partial charge in [-0.2, -0.15) is 0 Å². The van der Waals surface area contributed by atoms with E-state index in [1.807, 2.05) is 0 Å². The smallest absolute Gasteiger partial charge is 0.333 e. The summed E-state index contributed by atoms with van der Waals surface area (Å²) in [7, 11) is 1.24. The van der Waals surface area contributed by atoms with Gasteiger partial charge < -0.3 is 9.84 Å².